The summed E-state index contributed by atoms with van der Waals surface area (Å²) in [4.78, 5) is 7.57. The summed E-state index contributed by atoms with van der Waals surface area (Å²) in [7, 11) is 1.60. The summed E-state index contributed by atoms with van der Waals surface area (Å²) in [5, 5.41) is 7.81. The van der Waals surface area contributed by atoms with Crippen molar-refractivity contribution in [3.05, 3.63) is 55.0 Å². The first-order chi connectivity index (χ1) is 13.4. The zero-order chi connectivity index (χ0) is 19.7. The standard InChI is InChI=1S/C19H16F3N5O/c1-28-15-4-2-3-14(6-15)25-18-7-17-12(8-23-18)5-16(26-17)13-9-24-27(10-13)11-19(20,21)22/h2-10,26H,11H2,1H3,(H,23,25). The van der Waals surface area contributed by atoms with Gasteiger partial charge in [-0.3, -0.25) is 4.68 Å². The van der Waals surface area contributed by atoms with Crippen LogP contribution in [0.4, 0.5) is 24.7 Å². The summed E-state index contributed by atoms with van der Waals surface area (Å²) in [5.74, 6) is 1.35. The molecular formula is C19H16F3N5O. The predicted molar refractivity (Wildman–Crippen MR) is 99.6 cm³/mol. The number of ether oxygens (including phenoxy) is 1. The molecule has 6 nitrogen and oxygen atoms in total. The van der Waals surface area contributed by atoms with Crippen LogP contribution in [0.15, 0.2) is 55.0 Å². The SMILES string of the molecule is COc1cccc(Nc2cc3[nH]c(-c4cnn(CC(F)(F)F)c4)cc3cn2)c1. The van der Waals surface area contributed by atoms with Crippen molar-refractivity contribution in [2.45, 2.75) is 12.7 Å². The highest BCUT2D eigenvalue weighted by molar-refractivity contribution is 5.87. The number of fused-ring (bicyclic) bond motifs is 1. The molecule has 1 aromatic carbocycles. The maximum Gasteiger partial charge on any atom is 0.408 e. The maximum atomic E-state index is 12.5. The van der Waals surface area contributed by atoms with Crippen molar-refractivity contribution >= 4 is 22.4 Å². The van der Waals surface area contributed by atoms with E-state index in [9.17, 15) is 13.2 Å². The number of aromatic nitrogens is 4. The molecule has 0 aliphatic rings. The Morgan fingerprint density at radius 3 is 2.82 bits per heavy atom. The highest BCUT2D eigenvalue weighted by Crippen LogP contribution is 2.27. The molecule has 0 saturated carbocycles. The van der Waals surface area contributed by atoms with Crippen molar-refractivity contribution in [3.63, 3.8) is 0 Å². The van der Waals surface area contributed by atoms with Crippen molar-refractivity contribution in [2.24, 2.45) is 0 Å². The maximum absolute atomic E-state index is 12.5. The smallest absolute Gasteiger partial charge is 0.408 e. The lowest BCUT2D eigenvalue weighted by molar-refractivity contribution is -0.142. The molecule has 9 heteroatoms. The molecule has 0 saturated heterocycles. The van der Waals surface area contributed by atoms with Gasteiger partial charge in [0.1, 0.15) is 18.1 Å². The van der Waals surface area contributed by atoms with Gasteiger partial charge in [-0.15, -0.1) is 0 Å². The molecule has 0 aliphatic heterocycles. The highest BCUT2D eigenvalue weighted by atomic mass is 19.4. The molecule has 0 radical (unpaired) electrons. The molecule has 4 aromatic rings. The molecule has 0 fully saturated rings. The van der Waals surface area contributed by atoms with Gasteiger partial charge in [-0.05, 0) is 18.2 Å². The van der Waals surface area contributed by atoms with Crippen molar-refractivity contribution < 1.29 is 17.9 Å². The number of nitrogens with zero attached hydrogens (tertiary/aromatic N) is 3. The highest BCUT2D eigenvalue weighted by Gasteiger charge is 2.28. The minimum Gasteiger partial charge on any atom is -0.497 e. The Kier molecular flexibility index (Phi) is 4.42. The van der Waals surface area contributed by atoms with Crippen molar-refractivity contribution in [2.75, 3.05) is 12.4 Å². The number of aromatic amines is 1. The lowest BCUT2D eigenvalue weighted by Crippen LogP contribution is -2.17. The van der Waals surface area contributed by atoms with Crippen LogP contribution in [0, 0.1) is 0 Å². The number of anilines is 2. The van der Waals surface area contributed by atoms with Gasteiger partial charge in [0, 0.05) is 46.9 Å². The molecule has 144 valence electrons. The van der Waals surface area contributed by atoms with E-state index in [1.807, 2.05) is 36.4 Å². The fraction of sp³-hybridized carbons (Fsp3) is 0.158. The minimum atomic E-state index is -4.31. The average Bonchev–Trinajstić information content (AvgIpc) is 3.26. The molecule has 0 amide bonds. The van der Waals surface area contributed by atoms with Gasteiger partial charge in [-0.2, -0.15) is 18.3 Å². The summed E-state index contributed by atoms with van der Waals surface area (Å²) < 4.78 is 43.6. The Morgan fingerprint density at radius 2 is 2.04 bits per heavy atom. The van der Waals surface area contributed by atoms with Crippen LogP contribution in [-0.4, -0.2) is 33.0 Å². The van der Waals surface area contributed by atoms with Crippen LogP contribution in [0.2, 0.25) is 0 Å². The lowest BCUT2D eigenvalue weighted by Gasteiger charge is -2.07. The number of pyridine rings is 1. The minimum absolute atomic E-state index is 0.572. The largest absolute Gasteiger partial charge is 0.497 e. The summed E-state index contributed by atoms with van der Waals surface area (Å²) in [6, 6.07) is 11.1. The van der Waals surface area contributed by atoms with Crippen LogP contribution in [0.3, 0.4) is 0 Å². The van der Waals surface area contributed by atoms with E-state index in [-0.39, 0.29) is 0 Å². The zero-order valence-corrected chi connectivity index (χ0v) is 14.8. The summed E-state index contributed by atoms with van der Waals surface area (Å²) in [6.07, 6.45) is 0.145. The molecule has 3 heterocycles. The van der Waals surface area contributed by atoms with Gasteiger partial charge < -0.3 is 15.0 Å². The first-order valence-corrected chi connectivity index (χ1v) is 8.39. The van der Waals surface area contributed by atoms with Crippen molar-refractivity contribution in [1.29, 1.82) is 0 Å². The van der Waals surface area contributed by atoms with Crippen LogP contribution in [-0.2, 0) is 6.54 Å². The van der Waals surface area contributed by atoms with Crippen molar-refractivity contribution in [3.8, 4) is 17.0 Å². The van der Waals surface area contributed by atoms with Gasteiger partial charge in [0.15, 0.2) is 0 Å². The molecule has 0 bridgehead atoms. The van der Waals surface area contributed by atoms with E-state index in [2.05, 4.69) is 20.4 Å². The van der Waals surface area contributed by atoms with E-state index in [1.54, 1.807) is 13.3 Å². The molecule has 3 aromatic heterocycles. The molecule has 0 aliphatic carbocycles. The monoisotopic (exact) mass is 387 g/mol. The molecule has 0 atom stereocenters. The number of H-pyrrole nitrogens is 1. The zero-order valence-electron chi connectivity index (χ0n) is 14.8. The van der Waals surface area contributed by atoms with E-state index in [4.69, 9.17) is 4.74 Å². The molecule has 4 rings (SSSR count). The normalized spacial score (nSPS) is 11.7. The number of halogens is 3. The Morgan fingerprint density at radius 1 is 1.18 bits per heavy atom. The Balaban J connectivity index is 1.58. The van der Waals surface area contributed by atoms with Gasteiger partial charge in [0.05, 0.1) is 18.8 Å². The van der Waals surface area contributed by atoms with E-state index >= 15 is 0 Å². The third-order valence-electron chi connectivity index (χ3n) is 4.13. The number of rotatable bonds is 5. The number of alkyl halides is 3. The van der Waals surface area contributed by atoms with Gasteiger partial charge >= 0.3 is 6.18 Å². The van der Waals surface area contributed by atoms with Crippen molar-refractivity contribution in [1.82, 2.24) is 19.7 Å². The molecule has 2 N–H and O–H groups in total. The third kappa shape index (κ3) is 3.93. The summed E-state index contributed by atoms with van der Waals surface area (Å²) in [5.41, 5.74) is 2.87. The number of benzene rings is 1. The van der Waals surface area contributed by atoms with Gasteiger partial charge in [-0.25, -0.2) is 4.98 Å². The van der Waals surface area contributed by atoms with Gasteiger partial charge in [0.2, 0.25) is 0 Å². The van der Waals surface area contributed by atoms with Crippen LogP contribution in [0.1, 0.15) is 0 Å². The van der Waals surface area contributed by atoms with Crippen LogP contribution < -0.4 is 10.1 Å². The van der Waals surface area contributed by atoms with E-state index in [0.29, 0.717) is 17.1 Å². The quantitative estimate of drug-likeness (QED) is 0.519. The van der Waals surface area contributed by atoms with Crippen LogP contribution in [0.5, 0.6) is 5.75 Å². The first-order valence-electron chi connectivity index (χ1n) is 8.39. The molecule has 28 heavy (non-hydrogen) atoms. The lowest BCUT2D eigenvalue weighted by atomic mass is 10.2. The third-order valence-corrected chi connectivity index (χ3v) is 4.13. The molecular weight excluding hydrogens is 371 g/mol. The average molecular weight is 387 g/mol. The fourth-order valence-corrected chi connectivity index (χ4v) is 2.87. The summed E-state index contributed by atoms with van der Waals surface area (Å²) >= 11 is 0. The Hall–Kier alpha value is -3.49. The number of methoxy groups -OCH3 is 1. The molecule has 0 unspecified atom stereocenters. The van der Waals surface area contributed by atoms with E-state index in [1.165, 1.54) is 12.4 Å². The second kappa shape index (κ2) is 6.91. The Bertz CT molecular complexity index is 1120. The van der Waals surface area contributed by atoms with Gasteiger partial charge in [0.25, 0.3) is 0 Å². The van der Waals surface area contributed by atoms with E-state index < -0.39 is 12.7 Å². The summed E-state index contributed by atoms with van der Waals surface area (Å²) in [6.45, 7) is -1.12. The topological polar surface area (TPSA) is 67.8 Å². The number of hydrogen-bond donors (Lipinski definition) is 2. The van der Waals surface area contributed by atoms with Crippen LogP contribution >= 0.6 is 0 Å². The second-order valence-electron chi connectivity index (χ2n) is 6.24. The van der Waals surface area contributed by atoms with Crippen LogP contribution in [0.25, 0.3) is 22.2 Å². The predicted octanol–water partition coefficient (Wildman–Crippen LogP) is 4.74. The molecule has 0 spiro atoms. The van der Waals surface area contributed by atoms with Gasteiger partial charge in [-0.1, -0.05) is 6.07 Å². The fourth-order valence-electron chi connectivity index (χ4n) is 2.87. The van der Waals surface area contributed by atoms with E-state index in [0.717, 1.165) is 27.0 Å². The number of hydrogen-bond acceptors (Lipinski definition) is 4. The Labute approximate surface area is 158 Å². The number of nitrogens with one attached hydrogen (secondary N) is 2. The second-order valence-corrected chi connectivity index (χ2v) is 6.24. The first kappa shape index (κ1) is 17.9.